The zero-order chi connectivity index (χ0) is 12.3. The highest BCUT2D eigenvalue weighted by Crippen LogP contribution is 2.28. The molecule has 0 unspecified atom stereocenters. The molecule has 2 aromatic rings. The molecule has 0 spiro atoms. The standard InChI is InChI=1S/C13H18N2OS/c1-9(2)6-14-7-11-8-15-13(17-11)12-10(3)4-5-16-12/h4-5,8-9,14H,6-7H2,1-3H3. The molecule has 1 N–H and O–H groups in total. The second-order valence-electron chi connectivity index (χ2n) is 4.59. The number of nitrogens with zero attached hydrogens (tertiary/aromatic N) is 1. The first kappa shape index (κ1) is 12.3. The van der Waals surface area contributed by atoms with Gasteiger partial charge in [0.05, 0.1) is 6.26 Å². The van der Waals surface area contributed by atoms with Crippen LogP contribution in [0.15, 0.2) is 22.9 Å². The van der Waals surface area contributed by atoms with Crippen molar-refractivity contribution in [2.24, 2.45) is 5.92 Å². The maximum absolute atomic E-state index is 5.43. The van der Waals surface area contributed by atoms with E-state index in [4.69, 9.17) is 4.42 Å². The summed E-state index contributed by atoms with van der Waals surface area (Å²) in [4.78, 5) is 5.65. The summed E-state index contributed by atoms with van der Waals surface area (Å²) in [6.07, 6.45) is 3.64. The number of furan rings is 1. The molecule has 0 fully saturated rings. The van der Waals surface area contributed by atoms with Gasteiger partial charge in [0, 0.05) is 17.6 Å². The second-order valence-corrected chi connectivity index (χ2v) is 5.70. The summed E-state index contributed by atoms with van der Waals surface area (Å²) in [5.41, 5.74) is 1.14. The summed E-state index contributed by atoms with van der Waals surface area (Å²) in [6, 6.07) is 1.97. The lowest BCUT2D eigenvalue weighted by atomic mass is 10.2. The van der Waals surface area contributed by atoms with Crippen LogP contribution in [0.5, 0.6) is 0 Å². The van der Waals surface area contributed by atoms with Gasteiger partial charge in [0.25, 0.3) is 0 Å². The lowest BCUT2D eigenvalue weighted by Gasteiger charge is -2.04. The largest absolute Gasteiger partial charge is 0.462 e. The number of aryl methyl sites for hydroxylation is 1. The van der Waals surface area contributed by atoms with Crippen LogP contribution in [0.4, 0.5) is 0 Å². The van der Waals surface area contributed by atoms with Gasteiger partial charge in [-0.1, -0.05) is 13.8 Å². The minimum absolute atomic E-state index is 0.676. The van der Waals surface area contributed by atoms with E-state index in [1.165, 1.54) is 4.88 Å². The Morgan fingerprint density at radius 1 is 1.47 bits per heavy atom. The zero-order valence-electron chi connectivity index (χ0n) is 10.5. The van der Waals surface area contributed by atoms with E-state index in [9.17, 15) is 0 Å². The molecule has 4 heteroatoms. The van der Waals surface area contributed by atoms with E-state index >= 15 is 0 Å². The Morgan fingerprint density at radius 3 is 2.94 bits per heavy atom. The summed E-state index contributed by atoms with van der Waals surface area (Å²) < 4.78 is 5.43. The third-order valence-electron chi connectivity index (χ3n) is 2.46. The molecule has 0 saturated heterocycles. The average Bonchev–Trinajstić information content (AvgIpc) is 2.86. The van der Waals surface area contributed by atoms with Crippen molar-refractivity contribution in [1.82, 2.24) is 10.3 Å². The lowest BCUT2D eigenvalue weighted by molar-refractivity contribution is 0.554. The van der Waals surface area contributed by atoms with Crippen molar-refractivity contribution in [3.05, 3.63) is 29.0 Å². The molecule has 17 heavy (non-hydrogen) atoms. The predicted octanol–water partition coefficient (Wildman–Crippen LogP) is 3.46. The number of rotatable bonds is 5. The molecule has 0 amide bonds. The van der Waals surface area contributed by atoms with Crippen molar-refractivity contribution >= 4 is 11.3 Å². The number of thiazole rings is 1. The van der Waals surface area contributed by atoms with Gasteiger partial charge in [-0.2, -0.15) is 0 Å². The second kappa shape index (κ2) is 5.47. The van der Waals surface area contributed by atoms with E-state index in [-0.39, 0.29) is 0 Å². The molecule has 0 aliphatic carbocycles. The highest BCUT2D eigenvalue weighted by Gasteiger charge is 2.10. The fourth-order valence-electron chi connectivity index (χ4n) is 1.57. The third-order valence-corrected chi connectivity index (χ3v) is 3.46. The molecule has 0 radical (unpaired) electrons. The van der Waals surface area contributed by atoms with Crippen LogP contribution < -0.4 is 5.32 Å². The quantitative estimate of drug-likeness (QED) is 0.883. The molecule has 92 valence electrons. The van der Waals surface area contributed by atoms with Crippen LogP contribution in [0.2, 0.25) is 0 Å². The molecule has 2 heterocycles. The Balaban J connectivity index is 1.99. The fourth-order valence-corrected chi connectivity index (χ4v) is 2.51. The minimum atomic E-state index is 0.676. The Hall–Kier alpha value is -1.13. The molecule has 0 atom stereocenters. The van der Waals surface area contributed by atoms with Crippen LogP contribution in [0.1, 0.15) is 24.3 Å². The van der Waals surface area contributed by atoms with Gasteiger partial charge in [0.15, 0.2) is 10.8 Å². The van der Waals surface area contributed by atoms with Gasteiger partial charge in [-0.05, 0) is 31.0 Å². The van der Waals surface area contributed by atoms with E-state index in [0.717, 1.165) is 29.4 Å². The van der Waals surface area contributed by atoms with Crippen molar-refractivity contribution < 1.29 is 4.42 Å². The van der Waals surface area contributed by atoms with Gasteiger partial charge in [-0.15, -0.1) is 11.3 Å². The predicted molar refractivity (Wildman–Crippen MR) is 71.1 cm³/mol. The first-order valence-electron chi connectivity index (χ1n) is 5.86. The van der Waals surface area contributed by atoms with Gasteiger partial charge in [-0.3, -0.25) is 0 Å². The van der Waals surface area contributed by atoms with Crippen LogP contribution in [0, 0.1) is 12.8 Å². The molecule has 2 aromatic heterocycles. The van der Waals surface area contributed by atoms with Crippen molar-refractivity contribution in [1.29, 1.82) is 0 Å². The van der Waals surface area contributed by atoms with Crippen molar-refractivity contribution in [2.45, 2.75) is 27.3 Å². The molecule has 2 rings (SSSR count). The number of hydrogen-bond acceptors (Lipinski definition) is 4. The van der Waals surface area contributed by atoms with E-state index < -0.39 is 0 Å². The lowest BCUT2D eigenvalue weighted by Crippen LogP contribution is -2.18. The van der Waals surface area contributed by atoms with E-state index in [1.54, 1.807) is 17.6 Å². The highest BCUT2D eigenvalue weighted by atomic mass is 32.1. The molecule has 0 aliphatic heterocycles. The Bertz CT molecular complexity index is 473. The molecule has 0 bridgehead atoms. The first-order chi connectivity index (χ1) is 8.16. The minimum Gasteiger partial charge on any atom is -0.462 e. The van der Waals surface area contributed by atoms with E-state index in [1.807, 2.05) is 19.2 Å². The van der Waals surface area contributed by atoms with Crippen molar-refractivity contribution in [2.75, 3.05) is 6.54 Å². The average molecular weight is 250 g/mol. The van der Waals surface area contributed by atoms with Gasteiger partial charge in [-0.25, -0.2) is 4.98 Å². The van der Waals surface area contributed by atoms with E-state index in [0.29, 0.717) is 5.92 Å². The zero-order valence-corrected chi connectivity index (χ0v) is 11.3. The third kappa shape index (κ3) is 3.17. The SMILES string of the molecule is Cc1ccoc1-c1ncc(CNCC(C)C)s1. The molecule has 0 saturated carbocycles. The van der Waals surface area contributed by atoms with Crippen molar-refractivity contribution in [3.8, 4) is 10.8 Å². The Morgan fingerprint density at radius 2 is 2.29 bits per heavy atom. The topological polar surface area (TPSA) is 38.1 Å². The number of nitrogens with one attached hydrogen (secondary N) is 1. The summed E-state index contributed by atoms with van der Waals surface area (Å²) in [6.45, 7) is 8.37. The Kier molecular flexibility index (Phi) is 3.97. The molecular weight excluding hydrogens is 232 g/mol. The molecule has 0 aromatic carbocycles. The van der Waals surface area contributed by atoms with Crippen LogP contribution in [0.3, 0.4) is 0 Å². The maximum atomic E-state index is 5.43. The normalized spacial score (nSPS) is 11.3. The van der Waals surface area contributed by atoms with Crippen LogP contribution in [0.25, 0.3) is 10.8 Å². The first-order valence-corrected chi connectivity index (χ1v) is 6.68. The van der Waals surface area contributed by atoms with Gasteiger partial charge < -0.3 is 9.73 Å². The van der Waals surface area contributed by atoms with Gasteiger partial charge >= 0.3 is 0 Å². The van der Waals surface area contributed by atoms with E-state index in [2.05, 4.69) is 24.1 Å². The Labute approximate surface area is 106 Å². The summed E-state index contributed by atoms with van der Waals surface area (Å²) >= 11 is 1.69. The van der Waals surface area contributed by atoms with Gasteiger partial charge in [0.2, 0.25) is 0 Å². The summed E-state index contributed by atoms with van der Waals surface area (Å²) in [7, 11) is 0. The number of aromatic nitrogens is 1. The number of hydrogen-bond donors (Lipinski definition) is 1. The maximum Gasteiger partial charge on any atom is 0.165 e. The molecular formula is C13H18N2OS. The summed E-state index contributed by atoms with van der Waals surface area (Å²) in [5, 5.41) is 4.38. The molecule has 0 aliphatic rings. The van der Waals surface area contributed by atoms with Crippen molar-refractivity contribution in [3.63, 3.8) is 0 Å². The van der Waals surface area contributed by atoms with Crippen LogP contribution >= 0.6 is 11.3 Å². The van der Waals surface area contributed by atoms with Crippen LogP contribution in [-0.4, -0.2) is 11.5 Å². The smallest absolute Gasteiger partial charge is 0.165 e. The van der Waals surface area contributed by atoms with Crippen LogP contribution in [-0.2, 0) is 6.54 Å². The van der Waals surface area contributed by atoms with Gasteiger partial charge in [0.1, 0.15) is 0 Å². The highest BCUT2D eigenvalue weighted by molar-refractivity contribution is 7.14. The molecule has 3 nitrogen and oxygen atoms in total. The monoisotopic (exact) mass is 250 g/mol. The fraction of sp³-hybridized carbons (Fsp3) is 0.462. The summed E-state index contributed by atoms with van der Waals surface area (Å²) in [5.74, 6) is 1.57.